The molecule has 3 nitrogen and oxygen atoms in total. The van der Waals surface area contributed by atoms with Crippen molar-refractivity contribution < 1.29 is 18.7 Å². The number of halogens is 2. The van der Waals surface area contributed by atoms with Crippen LogP contribution in [0.15, 0.2) is 42.5 Å². The van der Waals surface area contributed by atoms with Gasteiger partial charge in [0, 0.05) is 16.1 Å². The van der Waals surface area contributed by atoms with E-state index in [0.717, 1.165) is 11.6 Å². The number of carbonyl (C=O) groups is 1. The van der Waals surface area contributed by atoms with E-state index in [1.807, 2.05) is 0 Å². The van der Waals surface area contributed by atoms with Crippen molar-refractivity contribution in [2.75, 3.05) is 13.2 Å². The first kappa shape index (κ1) is 14.2. The van der Waals surface area contributed by atoms with Gasteiger partial charge in [-0.1, -0.05) is 35.9 Å². The highest BCUT2D eigenvalue weighted by Crippen LogP contribution is 2.24. The molecule has 0 bridgehead atoms. The summed E-state index contributed by atoms with van der Waals surface area (Å²) in [5.74, 6) is -1.01. The summed E-state index contributed by atoms with van der Waals surface area (Å²) in [4.78, 5) is 12.3. The zero-order valence-electron chi connectivity index (χ0n) is 11.0. The summed E-state index contributed by atoms with van der Waals surface area (Å²) in [6.45, 7) is 1.11. The number of hydrogen-bond donors (Lipinski definition) is 0. The first-order valence-corrected chi connectivity index (χ1v) is 6.86. The largest absolute Gasteiger partial charge is 0.346 e. The first-order valence-electron chi connectivity index (χ1n) is 6.48. The van der Waals surface area contributed by atoms with Gasteiger partial charge in [0.2, 0.25) is 0 Å². The van der Waals surface area contributed by atoms with Crippen molar-refractivity contribution >= 4 is 17.4 Å². The van der Waals surface area contributed by atoms with Crippen molar-refractivity contribution in [2.45, 2.75) is 6.29 Å². The maximum absolute atomic E-state index is 13.8. The minimum absolute atomic E-state index is 0.000478. The highest BCUT2D eigenvalue weighted by molar-refractivity contribution is 6.30. The minimum Gasteiger partial charge on any atom is -0.346 e. The normalized spacial score (nSPS) is 15.3. The van der Waals surface area contributed by atoms with Crippen molar-refractivity contribution in [3.63, 3.8) is 0 Å². The lowest BCUT2D eigenvalue weighted by atomic mass is 10.0. The monoisotopic (exact) mass is 306 g/mol. The number of hydrogen-bond acceptors (Lipinski definition) is 3. The smallest absolute Gasteiger partial charge is 0.195 e. The number of ether oxygens (including phenoxy) is 2. The lowest BCUT2D eigenvalue weighted by Gasteiger charge is -2.10. The van der Waals surface area contributed by atoms with E-state index in [9.17, 15) is 9.18 Å². The Morgan fingerprint density at radius 2 is 1.76 bits per heavy atom. The van der Waals surface area contributed by atoms with Gasteiger partial charge in [-0.05, 0) is 18.2 Å². The average molecular weight is 307 g/mol. The van der Waals surface area contributed by atoms with E-state index in [-0.39, 0.29) is 22.7 Å². The van der Waals surface area contributed by atoms with Crippen LogP contribution in [0.5, 0.6) is 0 Å². The van der Waals surface area contributed by atoms with Crippen LogP contribution in [0.25, 0.3) is 0 Å². The topological polar surface area (TPSA) is 35.5 Å². The molecule has 108 valence electrons. The predicted octanol–water partition coefficient (Wildman–Crippen LogP) is 3.76. The van der Waals surface area contributed by atoms with E-state index in [4.69, 9.17) is 21.1 Å². The zero-order chi connectivity index (χ0) is 14.8. The van der Waals surface area contributed by atoms with Crippen LogP contribution in [0.2, 0.25) is 5.02 Å². The van der Waals surface area contributed by atoms with Gasteiger partial charge in [-0.3, -0.25) is 4.79 Å². The van der Waals surface area contributed by atoms with Crippen LogP contribution in [0.4, 0.5) is 4.39 Å². The van der Waals surface area contributed by atoms with Gasteiger partial charge in [-0.15, -0.1) is 0 Å². The van der Waals surface area contributed by atoms with Gasteiger partial charge in [0.15, 0.2) is 12.1 Å². The lowest BCUT2D eigenvalue weighted by Crippen LogP contribution is -2.05. The van der Waals surface area contributed by atoms with Crippen molar-refractivity contribution in [1.29, 1.82) is 0 Å². The molecule has 1 heterocycles. The zero-order valence-corrected chi connectivity index (χ0v) is 11.8. The molecule has 2 aromatic carbocycles. The molecular weight excluding hydrogens is 295 g/mol. The van der Waals surface area contributed by atoms with E-state index in [1.54, 1.807) is 24.3 Å². The summed E-state index contributed by atoms with van der Waals surface area (Å²) in [6.07, 6.45) is -0.388. The molecule has 0 radical (unpaired) electrons. The SMILES string of the molecule is O=C(c1ccc(C2OCCO2)cc1)c1ccc(Cl)cc1F. The standard InChI is InChI=1S/C16H12ClFO3/c17-12-5-6-13(14(18)9-12)15(19)10-1-3-11(4-2-10)16-20-7-8-21-16/h1-6,9,16H,7-8H2. The molecule has 5 heteroatoms. The number of rotatable bonds is 3. The summed E-state index contributed by atoms with van der Waals surface area (Å²) in [6, 6.07) is 10.8. The minimum atomic E-state index is -0.626. The van der Waals surface area contributed by atoms with Crippen molar-refractivity contribution in [1.82, 2.24) is 0 Å². The molecule has 21 heavy (non-hydrogen) atoms. The third kappa shape index (κ3) is 2.97. The van der Waals surface area contributed by atoms with Crippen LogP contribution in [0.3, 0.4) is 0 Å². The molecule has 2 aromatic rings. The molecular formula is C16H12ClFO3. The van der Waals surface area contributed by atoms with E-state index < -0.39 is 5.82 Å². The molecule has 0 amide bonds. The van der Waals surface area contributed by atoms with E-state index in [2.05, 4.69) is 0 Å². The molecule has 1 saturated heterocycles. The number of ketones is 1. The Morgan fingerprint density at radius 1 is 1.10 bits per heavy atom. The molecule has 0 atom stereocenters. The average Bonchev–Trinajstić information content (AvgIpc) is 3.01. The lowest BCUT2D eigenvalue weighted by molar-refractivity contribution is -0.0441. The molecule has 0 N–H and O–H groups in total. The fraction of sp³-hybridized carbons (Fsp3) is 0.188. The second kappa shape index (κ2) is 5.93. The number of carbonyl (C=O) groups excluding carboxylic acids is 1. The number of benzene rings is 2. The van der Waals surface area contributed by atoms with Crippen LogP contribution in [-0.4, -0.2) is 19.0 Å². The van der Waals surface area contributed by atoms with Gasteiger partial charge in [0.1, 0.15) is 5.82 Å². The van der Waals surface area contributed by atoms with Crippen LogP contribution in [0.1, 0.15) is 27.8 Å². The maximum Gasteiger partial charge on any atom is 0.195 e. The van der Waals surface area contributed by atoms with Gasteiger partial charge >= 0.3 is 0 Å². The Labute approximate surface area is 126 Å². The highest BCUT2D eigenvalue weighted by atomic mass is 35.5. The Bertz CT molecular complexity index is 664. The summed E-state index contributed by atoms with van der Waals surface area (Å²) in [5.41, 5.74) is 1.24. The molecule has 1 aliphatic rings. The molecule has 0 saturated carbocycles. The van der Waals surface area contributed by atoms with Gasteiger partial charge in [-0.25, -0.2) is 4.39 Å². The van der Waals surface area contributed by atoms with Gasteiger partial charge in [-0.2, -0.15) is 0 Å². The third-order valence-corrected chi connectivity index (χ3v) is 3.48. The summed E-state index contributed by atoms with van der Waals surface area (Å²) >= 11 is 5.68. The fourth-order valence-corrected chi connectivity index (χ4v) is 2.33. The van der Waals surface area contributed by atoms with E-state index >= 15 is 0 Å². The van der Waals surface area contributed by atoms with Crippen molar-refractivity contribution in [3.05, 3.63) is 70.0 Å². The predicted molar refractivity (Wildman–Crippen MR) is 75.9 cm³/mol. The summed E-state index contributed by atoms with van der Waals surface area (Å²) < 4.78 is 24.5. The van der Waals surface area contributed by atoms with E-state index in [0.29, 0.717) is 18.8 Å². The molecule has 1 fully saturated rings. The highest BCUT2D eigenvalue weighted by Gasteiger charge is 2.19. The second-order valence-electron chi connectivity index (χ2n) is 4.65. The van der Waals surface area contributed by atoms with Gasteiger partial charge in [0.25, 0.3) is 0 Å². The Balaban J connectivity index is 1.84. The summed E-state index contributed by atoms with van der Waals surface area (Å²) in [7, 11) is 0. The molecule has 0 unspecified atom stereocenters. The van der Waals surface area contributed by atoms with E-state index in [1.165, 1.54) is 12.1 Å². The van der Waals surface area contributed by atoms with Crippen LogP contribution >= 0.6 is 11.6 Å². The van der Waals surface area contributed by atoms with Crippen molar-refractivity contribution in [3.8, 4) is 0 Å². The van der Waals surface area contributed by atoms with Crippen LogP contribution in [0, 0.1) is 5.82 Å². The first-order chi connectivity index (χ1) is 10.1. The summed E-state index contributed by atoms with van der Waals surface area (Å²) in [5, 5.41) is 0.259. The molecule has 0 aromatic heterocycles. The molecule has 3 rings (SSSR count). The molecule has 1 aliphatic heterocycles. The molecule has 0 spiro atoms. The second-order valence-corrected chi connectivity index (χ2v) is 5.09. The van der Waals surface area contributed by atoms with Gasteiger partial charge < -0.3 is 9.47 Å². The van der Waals surface area contributed by atoms with Crippen LogP contribution in [-0.2, 0) is 9.47 Å². The Kier molecular flexibility index (Phi) is 4.01. The third-order valence-electron chi connectivity index (χ3n) is 3.24. The quantitative estimate of drug-likeness (QED) is 0.810. The Hall–Kier alpha value is -1.75. The Morgan fingerprint density at radius 3 is 2.38 bits per heavy atom. The van der Waals surface area contributed by atoms with Gasteiger partial charge in [0.05, 0.1) is 18.8 Å². The fourth-order valence-electron chi connectivity index (χ4n) is 2.17. The molecule has 0 aliphatic carbocycles. The van der Waals surface area contributed by atoms with Crippen LogP contribution < -0.4 is 0 Å². The van der Waals surface area contributed by atoms with Crippen molar-refractivity contribution in [2.24, 2.45) is 0 Å². The maximum atomic E-state index is 13.8.